The van der Waals surface area contributed by atoms with Gasteiger partial charge in [0.15, 0.2) is 0 Å². The minimum atomic E-state index is 0.662. The number of nitrogens with zero attached hydrogens (tertiary/aromatic N) is 4. The van der Waals surface area contributed by atoms with Gasteiger partial charge in [0, 0.05) is 7.05 Å². The third-order valence-corrected chi connectivity index (χ3v) is 1.94. The van der Waals surface area contributed by atoms with Crippen LogP contribution in [-0.2, 0) is 7.05 Å². The van der Waals surface area contributed by atoms with Crippen LogP contribution in [-0.4, -0.2) is 20.0 Å². The first-order valence-corrected chi connectivity index (χ1v) is 4.25. The summed E-state index contributed by atoms with van der Waals surface area (Å²) >= 11 is 0. The zero-order chi connectivity index (χ0) is 10.1. The molecule has 0 spiro atoms. The van der Waals surface area contributed by atoms with Gasteiger partial charge in [-0.05, 0) is 18.6 Å². The highest BCUT2D eigenvalue weighted by molar-refractivity contribution is 5.59. The van der Waals surface area contributed by atoms with E-state index < -0.39 is 0 Å². The van der Waals surface area contributed by atoms with Gasteiger partial charge < -0.3 is 5.73 Å². The van der Waals surface area contributed by atoms with Crippen LogP contribution >= 0.6 is 0 Å². The highest BCUT2D eigenvalue weighted by Gasteiger charge is 2.06. The molecule has 2 heterocycles. The fraction of sp³-hybridized carbons (Fsp3) is 0.222. The second-order valence-corrected chi connectivity index (χ2v) is 3.15. The van der Waals surface area contributed by atoms with Crippen molar-refractivity contribution in [2.24, 2.45) is 7.05 Å². The third kappa shape index (κ3) is 1.44. The van der Waals surface area contributed by atoms with Crippen LogP contribution in [0.4, 0.5) is 5.69 Å². The van der Waals surface area contributed by atoms with Crippen molar-refractivity contribution in [2.75, 3.05) is 5.73 Å². The first kappa shape index (κ1) is 8.68. The Labute approximate surface area is 81.6 Å². The molecule has 2 N–H and O–H groups in total. The number of hydrogen-bond donors (Lipinski definition) is 1. The van der Waals surface area contributed by atoms with Crippen molar-refractivity contribution < 1.29 is 0 Å². The van der Waals surface area contributed by atoms with E-state index in [0.29, 0.717) is 5.69 Å². The number of anilines is 1. The molecule has 14 heavy (non-hydrogen) atoms. The van der Waals surface area contributed by atoms with Crippen molar-refractivity contribution in [3.63, 3.8) is 0 Å². The average molecular weight is 189 g/mol. The average Bonchev–Trinajstić information content (AvgIpc) is 2.51. The van der Waals surface area contributed by atoms with Crippen molar-refractivity contribution in [1.82, 2.24) is 20.0 Å². The van der Waals surface area contributed by atoms with Gasteiger partial charge in [-0.15, -0.1) is 0 Å². The van der Waals surface area contributed by atoms with Crippen molar-refractivity contribution >= 4 is 5.69 Å². The van der Waals surface area contributed by atoms with E-state index in [1.807, 2.05) is 13.0 Å². The monoisotopic (exact) mass is 189 g/mol. The van der Waals surface area contributed by atoms with Gasteiger partial charge in [-0.25, -0.2) is 0 Å². The highest BCUT2D eigenvalue weighted by atomic mass is 15.4. The summed E-state index contributed by atoms with van der Waals surface area (Å²) in [7, 11) is 1.77. The smallest absolute Gasteiger partial charge is 0.131 e. The molecule has 0 unspecified atom stereocenters. The summed E-state index contributed by atoms with van der Waals surface area (Å²) in [5.74, 6) is 0. The number of nitrogens with two attached hydrogens (primary N) is 1. The molecule has 0 radical (unpaired) electrons. The van der Waals surface area contributed by atoms with Crippen LogP contribution in [0, 0.1) is 6.92 Å². The zero-order valence-electron chi connectivity index (χ0n) is 8.10. The molecule has 0 amide bonds. The lowest BCUT2D eigenvalue weighted by Crippen LogP contribution is -1.95. The van der Waals surface area contributed by atoms with E-state index in [2.05, 4.69) is 15.2 Å². The Morgan fingerprint density at radius 1 is 1.36 bits per heavy atom. The lowest BCUT2D eigenvalue weighted by Gasteiger charge is -2.01. The van der Waals surface area contributed by atoms with Crippen molar-refractivity contribution in [3.05, 3.63) is 24.0 Å². The topological polar surface area (TPSA) is 69.6 Å². The SMILES string of the molecule is Cc1cc(N)cnc1-c1cnn(C)n1. The van der Waals surface area contributed by atoms with Crippen LogP contribution in [0.1, 0.15) is 5.56 Å². The van der Waals surface area contributed by atoms with Gasteiger partial charge in [0.05, 0.1) is 23.8 Å². The number of hydrogen-bond acceptors (Lipinski definition) is 4. The standard InChI is InChI=1S/C9H11N5/c1-6-3-7(10)4-11-9(6)8-5-12-14(2)13-8/h3-5H,10H2,1-2H3. The quantitative estimate of drug-likeness (QED) is 0.719. The maximum absolute atomic E-state index is 5.61. The summed E-state index contributed by atoms with van der Waals surface area (Å²) in [5.41, 5.74) is 8.87. The molecular formula is C9H11N5. The van der Waals surface area contributed by atoms with Gasteiger partial charge in [0.2, 0.25) is 0 Å². The molecule has 0 aromatic carbocycles. The predicted molar refractivity (Wildman–Crippen MR) is 53.4 cm³/mol. The molecule has 0 saturated carbocycles. The number of aromatic nitrogens is 4. The Morgan fingerprint density at radius 3 is 2.71 bits per heavy atom. The molecule has 0 saturated heterocycles. The summed E-state index contributed by atoms with van der Waals surface area (Å²) in [6.07, 6.45) is 3.31. The Hall–Kier alpha value is -1.91. The number of nitrogen functional groups attached to an aromatic ring is 1. The molecule has 0 aliphatic heterocycles. The minimum absolute atomic E-state index is 0.662. The molecule has 0 fully saturated rings. The van der Waals surface area contributed by atoms with Gasteiger partial charge in [-0.2, -0.15) is 15.0 Å². The molecule has 0 atom stereocenters. The number of rotatable bonds is 1. The summed E-state index contributed by atoms with van der Waals surface area (Å²) in [5, 5.41) is 8.16. The van der Waals surface area contributed by atoms with Crippen molar-refractivity contribution in [1.29, 1.82) is 0 Å². The largest absolute Gasteiger partial charge is 0.397 e. The third-order valence-electron chi connectivity index (χ3n) is 1.94. The summed E-state index contributed by atoms with van der Waals surface area (Å²) in [4.78, 5) is 5.73. The lowest BCUT2D eigenvalue weighted by atomic mass is 10.2. The fourth-order valence-electron chi connectivity index (χ4n) is 1.32. The van der Waals surface area contributed by atoms with E-state index >= 15 is 0 Å². The molecule has 0 bridgehead atoms. The van der Waals surface area contributed by atoms with Gasteiger partial charge >= 0.3 is 0 Å². The Bertz CT molecular complexity index is 460. The van der Waals surface area contributed by atoms with E-state index in [4.69, 9.17) is 5.73 Å². The Morgan fingerprint density at radius 2 is 2.14 bits per heavy atom. The van der Waals surface area contributed by atoms with Gasteiger partial charge in [-0.1, -0.05) is 0 Å². The molecular weight excluding hydrogens is 178 g/mol. The molecule has 0 aliphatic carbocycles. The van der Waals surface area contributed by atoms with Crippen LogP contribution in [0.15, 0.2) is 18.5 Å². The van der Waals surface area contributed by atoms with E-state index in [0.717, 1.165) is 17.0 Å². The summed E-state index contributed by atoms with van der Waals surface area (Å²) in [6.45, 7) is 1.95. The van der Waals surface area contributed by atoms with Gasteiger partial charge in [0.1, 0.15) is 5.69 Å². The molecule has 2 rings (SSSR count). The second-order valence-electron chi connectivity index (χ2n) is 3.15. The lowest BCUT2D eigenvalue weighted by molar-refractivity contribution is 0.655. The van der Waals surface area contributed by atoms with Crippen LogP contribution in [0.2, 0.25) is 0 Å². The molecule has 2 aromatic heterocycles. The van der Waals surface area contributed by atoms with Crippen molar-refractivity contribution in [2.45, 2.75) is 6.92 Å². The van der Waals surface area contributed by atoms with Crippen LogP contribution in [0.5, 0.6) is 0 Å². The normalized spacial score (nSPS) is 10.4. The van der Waals surface area contributed by atoms with Gasteiger partial charge in [-0.3, -0.25) is 4.98 Å². The molecule has 2 aromatic rings. The Balaban J connectivity index is 2.52. The summed E-state index contributed by atoms with van der Waals surface area (Å²) in [6, 6.07) is 1.87. The van der Waals surface area contributed by atoms with E-state index in [-0.39, 0.29) is 0 Å². The van der Waals surface area contributed by atoms with Gasteiger partial charge in [0.25, 0.3) is 0 Å². The van der Waals surface area contributed by atoms with E-state index in [9.17, 15) is 0 Å². The maximum Gasteiger partial charge on any atom is 0.131 e. The van der Waals surface area contributed by atoms with Crippen molar-refractivity contribution in [3.8, 4) is 11.4 Å². The van der Waals surface area contributed by atoms with Crippen LogP contribution in [0.25, 0.3) is 11.4 Å². The highest BCUT2D eigenvalue weighted by Crippen LogP contribution is 2.18. The van der Waals surface area contributed by atoms with Crippen LogP contribution < -0.4 is 5.73 Å². The molecule has 5 nitrogen and oxygen atoms in total. The first-order chi connectivity index (χ1) is 6.66. The number of pyridine rings is 1. The molecule has 0 aliphatic rings. The predicted octanol–water partition coefficient (Wildman–Crippen LogP) is 0.768. The Kier molecular flexibility index (Phi) is 1.92. The summed E-state index contributed by atoms with van der Waals surface area (Å²) < 4.78 is 0. The van der Waals surface area contributed by atoms with Crippen LogP contribution in [0.3, 0.4) is 0 Å². The second kappa shape index (κ2) is 3.10. The number of aryl methyl sites for hydroxylation is 2. The van der Waals surface area contributed by atoms with E-state index in [1.54, 1.807) is 19.4 Å². The molecule has 5 heteroatoms. The molecule has 72 valence electrons. The fourth-order valence-corrected chi connectivity index (χ4v) is 1.32. The maximum atomic E-state index is 5.61. The minimum Gasteiger partial charge on any atom is -0.397 e. The zero-order valence-corrected chi connectivity index (χ0v) is 8.10. The van der Waals surface area contributed by atoms with E-state index in [1.165, 1.54) is 4.80 Å². The first-order valence-electron chi connectivity index (χ1n) is 4.25.